The minimum atomic E-state index is -1.82. The number of rotatable bonds is 11. The van der Waals surface area contributed by atoms with Gasteiger partial charge in [-0.3, -0.25) is 9.59 Å². The molecule has 15 nitrogen and oxygen atoms in total. The molecular weight excluding hydrogens is 720 g/mol. The number of esters is 1. The van der Waals surface area contributed by atoms with Crippen LogP contribution in [0.1, 0.15) is 92.4 Å². The molecule has 18 unspecified atom stereocenters. The van der Waals surface area contributed by atoms with Gasteiger partial charge in [0.05, 0.1) is 19.8 Å². The minimum Gasteiger partial charge on any atom is -0.504 e. The van der Waals surface area contributed by atoms with E-state index in [0.29, 0.717) is 25.7 Å². The molecule has 7 N–H and O–H groups in total. The van der Waals surface area contributed by atoms with Gasteiger partial charge in [0.25, 0.3) is 0 Å². The van der Waals surface area contributed by atoms with E-state index >= 15 is 0 Å². The highest BCUT2D eigenvalue weighted by atomic mass is 16.8. The average molecular weight is 783 g/mol. The third kappa shape index (κ3) is 7.56. The molecule has 2 heterocycles. The summed E-state index contributed by atoms with van der Waals surface area (Å²) in [6.45, 7) is 9.64. The number of hydrogen-bond donors (Lipinski definition) is 7. The summed E-state index contributed by atoms with van der Waals surface area (Å²) >= 11 is 0. The number of fused-ring (bicyclic) bond motifs is 5. The van der Waals surface area contributed by atoms with E-state index in [1.807, 2.05) is 20.8 Å². The molecule has 0 aromatic heterocycles. The van der Waals surface area contributed by atoms with Crippen LogP contribution in [0.4, 0.5) is 0 Å². The molecule has 0 aromatic rings. The Labute approximate surface area is 322 Å². The van der Waals surface area contributed by atoms with Crippen LogP contribution in [0.3, 0.4) is 0 Å². The van der Waals surface area contributed by atoms with Crippen LogP contribution < -0.4 is 0 Å². The molecule has 312 valence electrons. The third-order valence-electron chi connectivity index (χ3n) is 14.3. The van der Waals surface area contributed by atoms with Gasteiger partial charge < -0.3 is 59.4 Å². The fourth-order valence-electron chi connectivity index (χ4n) is 11.6. The number of carbonyl (C=O) groups is 3. The lowest BCUT2D eigenvalue weighted by Crippen LogP contribution is -2.65. The zero-order chi connectivity index (χ0) is 40.3. The summed E-state index contributed by atoms with van der Waals surface area (Å²) in [5, 5.41) is 74.3. The molecule has 4 aliphatic carbocycles. The highest BCUT2D eigenvalue weighted by Gasteiger charge is 2.64. The molecule has 6 aliphatic rings. The molecule has 0 aromatic carbocycles. The van der Waals surface area contributed by atoms with E-state index in [2.05, 4.69) is 13.8 Å². The number of allylic oxidation sites excluding steroid dienone is 2. The maximum atomic E-state index is 14.0. The average Bonchev–Trinajstić information content (AvgIpc) is 3.34. The van der Waals surface area contributed by atoms with Gasteiger partial charge in [-0.2, -0.15) is 0 Å². The number of ether oxygens (including phenoxy) is 5. The highest BCUT2D eigenvalue weighted by molar-refractivity contribution is 6.00. The Morgan fingerprint density at radius 3 is 2.22 bits per heavy atom. The van der Waals surface area contributed by atoms with Crippen molar-refractivity contribution in [1.29, 1.82) is 0 Å². The lowest BCUT2D eigenvalue weighted by Gasteiger charge is -2.60. The number of ketones is 2. The molecule has 2 aliphatic heterocycles. The summed E-state index contributed by atoms with van der Waals surface area (Å²) < 4.78 is 28.5. The predicted molar refractivity (Wildman–Crippen MR) is 192 cm³/mol. The van der Waals surface area contributed by atoms with Gasteiger partial charge in [0.1, 0.15) is 48.5 Å². The van der Waals surface area contributed by atoms with Gasteiger partial charge in [0.2, 0.25) is 5.78 Å². The molecule has 2 saturated heterocycles. The van der Waals surface area contributed by atoms with E-state index in [0.717, 1.165) is 44.8 Å². The summed E-state index contributed by atoms with van der Waals surface area (Å²) in [7, 11) is 1.11. The maximum absolute atomic E-state index is 14.0. The zero-order valence-corrected chi connectivity index (χ0v) is 32.8. The second-order valence-electron chi connectivity index (χ2n) is 18.1. The van der Waals surface area contributed by atoms with Gasteiger partial charge in [0, 0.05) is 24.2 Å². The zero-order valence-electron chi connectivity index (χ0n) is 32.8. The largest absolute Gasteiger partial charge is 0.504 e. The van der Waals surface area contributed by atoms with Crippen LogP contribution in [-0.2, 0) is 38.1 Å². The first-order valence-corrected chi connectivity index (χ1v) is 20.1. The van der Waals surface area contributed by atoms with Gasteiger partial charge in [-0.15, -0.1) is 0 Å². The van der Waals surface area contributed by atoms with Crippen LogP contribution in [0.25, 0.3) is 0 Å². The summed E-state index contributed by atoms with van der Waals surface area (Å²) in [4.78, 5) is 39.4. The van der Waals surface area contributed by atoms with E-state index in [9.17, 15) is 50.1 Å². The maximum Gasteiger partial charge on any atom is 0.337 e. The third-order valence-corrected chi connectivity index (χ3v) is 14.3. The summed E-state index contributed by atoms with van der Waals surface area (Å²) in [5.74, 6) is -1.03. The first-order chi connectivity index (χ1) is 25.9. The van der Waals surface area contributed by atoms with Crippen LogP contribution in [0.2, 0.25) is 0 Å². The Bertz CT molecular complexity index is 1470. The van der Waals surface area contributed by atoms with Gasteiger partial charge in [-0.05, 0) is 85.5 Å². The van der Waals surface area contributed by atoms with Gasteiger partial charge in [-0.25, -0.2) is 4.79 Å². The SMILES string of the molecule is COC(=O)C1OC(OC2CCC3(C)C(CCC4C5C(=O)C(O)=C(C(C)CC(=O)CC(C)C)C5(C)CCC43)C2)C(OC2OC(CO)C(O)C(O)C2O)C(O)C1O. The number of carbonyl (C=O) groups excluding carboxylic acids is 3. The van der Waals surface area contributed by atoms with E-state index < -0.39 is 85.5 Å². The van der Waals surface area contributed by atoms with Crippen molar-refractivity contribution in [2.24, 2.45) is 46.3 Å². The molecule has 6 rings (SSSR count). The van der Waals surface area contributed by atoms with Crippen LogP contribution in [0.15, 0.2) is 11.3 Å². The topological polar surface area (TPSA) is 239 Å². The summed E-state index contributed by atoms with van der Waals surface area (Å²) in [6, 6.07) is 0. The lowest BCUT2D eigenvalue weighted by atomic mass is 9.44. The van der Waals surface area contributed by atoms with Crippen molar-refractivity contribution < 1.29 is 73.8 Å². The van der Waals surface area contributed by atoms with Gasteiger partial charge >= 0.3 is 5.97 Å². The smallest absolute Gasteiger partial charge is 0.337 e. The number of methoxy groups -OCH3 is 1. The standard InChI is InChI=1S/C40H62O15/c1-17(2)13-20(42)14-18(3)25-28(44)29(45)26-22-8-7-19-15-21(9-11-39(19,4)23(22)10-12-40(25,26)5)52-38-35(32(48)31(47)34(54-38)36(50)51-6)55-37-33(49)30(46)27(43)24(16-41)53-37/h17-19,21-24,26-27,30-35,37-38,41,43-44,46-49H,7-16H2,1-6H3. The number of hydrogen-bond acceptors (Lipinski definition) is 15. The molecule has 0 amide bonds. The first-order valence-electron chi connectivity index (χ1n) is 20.1. The molecule has 0 radical (unpaired) electrons. The summed E-state index contributed by atoms with van der Waals surface area (Å²) in [5.41, 5.74) is 0.0815. The fraction of sp³-hybridized carbons (Fsp3) is 0.875. The van der Waals surface area contributed by atoms with E-state index in [4.69, 9.17) is 23.7 Å². The molecular formula is C40H62O15. The Balaban J connectivity index is 1.17. The molecule has 3 saturated carbocycles. The van der Waals surface area contributed by atoms with Crippen molar-refractivity contribution in [1.82, 2.24) is 0 Å². The van der Waals surface area contributed by atoms with Crippen molar-refractivity contribution in [2.75, 3.05) is 13.7 Å². The Kier molecular flexibility index (Phi) is 12.6. The quantitative estimate of drug-likeness (QED) is 0.116. The van der Waals surface area contributed by atoms with E-state index in [1.165, 1.54) is 0 Å². The second-order valence-corrected chi connectivity index (χ2v) is 18.1. The van der Waals surface area contributed by atoms with Gasteiger partial charge in [0.15, 0.2) is 24.4 Å². The first kappa shape index (κ1) is 42.6. The molecule has 55 heavy (non-hydrogen) atoms. The number of aliphatic hydroxyl groups excluding tert-OH is 7. The monoisotopic (exact) mass is 782 g/mol. The van der Waals surface area contributed by atoms with Crippen molar-refractivity contribution in [3.05, 3.63) is 11.3 Å². The molecule has 0 bridgehead atoms. The lowest BCUT2D eigenvalue weighted by molar-refractivity contribution is -0.369. The Morgan fingerprint density at radius 2 is 1.56 bits per heavy atom. The van der Waals surface area contributed by atoms with Crippen LogP contribution in [0, 0.1) is 46.3 Å². The normalized spacial score (nSPS) is 46.5. The van der Waals surface area contributed by atoms with Crippen molar-refractivity contribution in [2.45, 2.75) is 160 Å². The van der Waals surface area contributed by atoms with Crippen molar-refractivity contribution >= 4 is 17.5 Å². The van der Waals surface area contributed by atoms with E-state index in [1.54, 1.807) is 0 Å². The van der Waals surface area contributed by atoms with E-state index in [-0.39, 0.29) is 58.2 Å². The molecule has 15 heteroatoms. The number of Topliss-reactive ketones (excluding diaryl/α,β-unsaturated/α-hetero) is 2. The van der Waals surface area contributed by atoms with Gasteiger partial charge in [-0.1, -0.05) is 34.6 Å². The summed E-state index contributed by atoms with van der Waals surface area (Å²) in [6.07, 6.45) is -11.0. The van der Waals surface area contributed by atoms with Crippen LogP contribution >= 0.6 is 0 Å². The van der Waals surface area contributed by atoms with Crippen molar-refractivity contribution in [3.8, 4) is 0 Å². The highest BCUT2D eigenvalue weighted by Crippen LogP contribution is 2.67. The Morgan fingerprint density at radius 1 is 0.855 bits per heavy atom. The second kappa shape index (κ2) is 16.3. The van der Waals surface area contributed by atoms with Crippen molar-refractivity contribution in [3.63, 3.8) is 0 Å². The number of aliphatic hydroxyl groups is 7. The van der Waals surface area contributed by atoms with Crippen LogP contribution in [0.5, 0.6) is 0 Å². The van der Waals surface area contributed by atoms with Crippen LogP contribution in [-0.4, -0.2) is 135 Å². The molecule has 0 spiro atoms. The molecule has 5 fully saturated rings. The predicted octanol–water partition coefficient (Wildman–Crippen LogP) is 1.46. The fourth-order valence-corrected chi connectivity index (χ4v) is 11.6. The minimum absolute atomic E-state index is 0.0682. The Hall–Kier alpha value is -2.05. The molecule has 18 atom stereocenters.